The lowest BCUT2D eigenvalue weighted by Crippen LogP contribution is -2.14. The van der Waals surface area contributed by atoms with Crippen molar-refractivity contribution in [2.75, 3.05) is 39.4 Å². The van der Waals surface area contributed by atoms with Gasteiger partial charge in [0.05, 0.1) is 36.7 Å². The second-order valence-corrected chi connectivity index (χ2v) is 7.74. The SMILES string of the molecule is COCCn1cc(C(=O)Nc2nc3c(OC)ncc(C4CCOCC4)c3s2)cn1. The lowest BCUT2D eigenvalue weighted by atomic mass is 9.93. The van der Waals surface area contributed by atoms with Crippen molar-refractivity contribution in [3.63, 3.8) is 0 Å². The Balaban J connectivity index is 1.59. The minimum Gasteiger partial charge on any atom is -0.479 e. The molecule has 1 aliphatic heterocycles. The normalized spacial score (nSPS) is 15.0. The van der Waals surface area contributed by atoms with Gasteiger partial charge in [-0.2, -0.15) is 5.10 Å². The van der Waals surface area contributed by atoms with Gasteiger partial charge in [-0.25, -0.2) is 9.97 Å². The summed E-state index contributed by atoms with van der Waals surface area (Å²) in [6.45, 7) is 2.60. The average molecular weight is 417 g/mol. The number of nitrogens with zero attached hydrogens (tertiary/aromatic N) is 4. The molecule has 10 heteroatoms. The van der Waals surface area contributed by atoms with Gasteiger partial charge in [0, 0.05) is 32.7 Å². The number of thiazole rings is 1. The van der Waals surface area contributed by atoms with Gasteiger partial charge in [0.15, 0.2) is 5.13 Å². The topological polar surface area (TPSA) is 100 Å². The Kier molecular flexibility index (Phi) is 6.02. The second kappa shape index (κ2) is 8.85. The van der Waals surface area contributed by atoms with Gasteiger partial charge in [0.1, 0.15) is 5.52 Å². The van der Waals surface area contributed by atoms with Crippen LogP contribution in [0.1, 0.15) is 34.7 Å². The number of fused-ring (bicyclic) bond motifs is 1. The van der Waals surface area contributed by atoms with Crippen molar-refractivity contribution in [3.8, 4) is 5.88 Å². The van der Waals surface area contributed by atoms with Crippen molar-refractivity contribution in [2.24, 2.45) is 0 Å². The molecule has 1 saturated heterocycles. The van der Waals surface area contributed by atoms with Crippen molar-refractivity contribution in [1.82, 2.24) is 19.7 Å². The third-order valence-electron chi connectivity index (χ3n) is 4.91. The Labute approximate surface area is 172 Å². The molecule has 0 aromatic carbocycles. The predicted octanol–water partition coefficient (Wildman–Crippen LogP) is 2.69. The first-order chi connectivity index (χ1) is 14.2. The van der Waals surface area contributed by atoms with E-state index in [9.17, 15) is 4.79 Å². The van der Waals surface area contributed by atoms with E-state index in [2.05, 4.69) is 20.4 Å². The van der Waals surface area contributed by atoms with Crippen LogP contribution in [0.4, 0.5) is 5.13 Å². The summed E-state index contributed by atoms with van der Waals surface area (Å²) in [6, 6.07) is 0. The number of amides is 1. The number of ether oxygens (including phenoxy) is 3. The molecular formula is C19H23N5O4S. The maximum Gasteiger partial charge on any atom is 0.260 e. The highest BCUT2D eigenvalue weighted by Gasteiger charge is 2.23. The van der Waals surface area contributed by atoms with Crippen molar-refractivity contribution < 1.29 is 19.0 Å². The highest BCUT2D eigenvalue weighted by atomic mass is 32.1. The molecule has 9 nitrogen and oxygen atoms in total. The molecule has 0 bridgehead atoms. The smallest absolute Gasteiger partial charge is 0.260 e. The molecule has 0 spiro atoms. The minimum atomic E-state index is -0.257. The van der Waals surface area contributed by atoms with Crippen LogP contribution in [0.3, 0.4) is 0 Å². The molecule has 0 saturated carbocycles. The van der Waals surface area contributed by atoms with Gasteiger partial charge in [0.25, 0.3) is 5.91 Å². The molecule has 0 aliphatic carbocycles. The third-order valence-corrected chi connectivity index (χ3v) is 5.93. The fourth-order valence-electron chi connectivity index (χ4n) is 3.37. The van der Waals surface area contributed by atoms with Gasteiger partial charge in [-0.3, -0.25) is 14.8 Å². The summed E-state index contributed by atoms with van der Waals surface area (Å²) in [4.78, 5) is 21.6. The van der Waals surface area contributed by atoms with E-state index in [1.165, 1.54) is 17.5 Å². The number of carbonyl (C=O) groups excluding carboxylic acids is 1. The van der Waals surface area contributed by atoms with Gasteiger partial charge in [0.2, 0.25) is 5.88 Å². The van der Waals surface area contributed by atoms with Crippen LogP contribution in [0.25, 0.3) is 10.2 Å². The molecule has 1 N–H and O–H groups in total. The first-order valence-electron chi connectivity index (χ1n) is 9.43. The summed E-state index contributed by atoms with van der Waals surface area (Å²) in [5.74, 6) is 0.569. The lowest BCUT2D eigenvalue weighted by Gasteiger charge is -2.22. The molecule has 154 valence electrons. The van der Waals surface area contributed by atoms with E-state index in [1.54, 1.807) is 25.1 Å². The van der Waals surface area contributed by atoms with Gasteiger partial charge < -0.3 is 14.2 Å². The van der Waals surface area contributed by atoms with Crippen LogP contribution in [0.15, 0.2) is 18.6 Å². The largest absolute Gasteiger partial charge is 0.479 e. The number of nitrogens with one attached hydrogen (secondary N) is 1. The van der Waals surface area contributed by atoms with Crippen LogP contribution >= 0.6 is 11.3 Å². The standard InChI is InChI=1S/C19H23N5O4S/c1-26-8-5-24-11-13(9-21-24)17(25)23-19-22-15-16(29-19)14(10-20-18(15)27-2)12-3-6-28-7-4-12/h9-12H,3-8H2,1-2H3,(H,22,23,25). The number of rotatable bonds is 7. The van der Waals surface area contributed by atoms with Crippen LogP contribution in [0, 0.1) is 0 Å². The van der Waals surface area contributed by atoms with E-state index < -0.39 is 0 Å². The molecule has 0 radical (unpaired) electrons. The van der Waals surface area contributed by atoms with Crippen LogP contribution in [-0.4, -0.2) is 59.7 Å². The maximum absolute atomic E-state index is 12.6. The zero-order chi connectivity index (χ0) is 20.2. The van der Waals surface area contributed by atoms with Crippen LogP contribution in [0.2, 0.25) is 0 Å². The van der Waals surface area contributed by atoms with Crippen molar-refractivity contribution in [3.05, 3.63) is 29.7 Å². The molecular weight excluding hydrogens is 394 g/mol. The van der Waals surface area contributed by atoms with E-state index in [1.807, 2.05) is 6.20 Å². The van der Waals surface area contributed by atoms with Crippen LogP contribution in [-0.2, 0) is 16.0 Å². The molecule has 1 amide bonds. The second-order valence-electron chi connectivity index (χ2n) is 6.75. The maximum atomic E-state index is 12.6. The van der Waals surface area contributed by atoms with Crippen LogP contribution < -0.4 is 10.1 Å². The van der Waals surface area contributed by atoms with Crippen molar-refractivity contribution in [2.45, 2.75) is 25.3 Å². The third kappa shape index (κ3) is 4.24. The number of methoxy groups -OCH3 is 2. The number of pyridine rings is 1. The van der Waals surface area contributed by atoms with Gasteiger partial charge in [-0.15, -0.1) is 0 Å². The summed E-state index contributed by atoms with van der Waals surface area (Å²) in [5.41, 5.74) is 2.28. The summed E-state index contributed by atoms with van der Waals surface area (Å²) < 4.78 is 18.6. The number of aromatic nitrogens is 4. The first kappa shape index (κ1) is 19.7. The van der Waals surface area contributed by atoms with Gasteiger partial charge >= 0.3 is 0 Å². The van der Waals surface area contributed by atoms with Gasteiger partial charge in [-0.1, -0.05) is 11.3 Å². The number of carbonyl (C=O) groups is 1. The van der Waals surface area contributed by atoms with Crippen molar-refractivity contribution >= 4 is 32.6 Å². The van der Waals surface area contributed by atoms with E-state index in [0.717, 1.165) is 36.3 Å². The fraction of sp³-hybridized carbons (Fsp3) is 0.474. The quantitative estimate of drug-likeness (QED) is 0.631. The Morgan fingerprint density at radius 3 is 2.93 bits per heavy atom. The molecule has 1 fully saturated rings. The molecule has 4 heterocycles. The lowest BCUT2D eigenvalue weighted by molar-refractivity contribution is 0.0855. The Morgan fingerprint density at radius 2 is 2.17 bits per heavy atom. The first-order valence-corrected chi connectivity index (χ1v) is 10.2. The van der Waals surface area contributed by atoms with Crippen LogP contribution in [0.5, 0.6) is 5.88 Å². The summed E-state index contributed by atoms with van der Waals surface area (Å²) in [6.07, 6.45) is 6.98. The summed E-state index contributed by atoms with van der Waals surface area (Å²) in [7, 11) is 3.20. The Bertz CT molecular complexity index is 996. The minimum absolute atomic E-state index is 0.257. The van der Waals surface area contributed by atoms with Crippen molar-refractivity contribution in [1.29, 1.82) is 0 Å². The average Bonchev–Trinajstić information content (AvgIpc) is 3.39. The van der Waals surface area contributed by atoms with Gasteiger partial charge in [-0.05, 0) is 24.3 Å². The molecule has 1 aliphatic rings. The van der Waals surface area contributed by atoms with E-state index in [4.69, 9.17) is 14.2 Å². The highest BCUT2D eigenvalue weighted by molar-refractivity contribution is 7.22. The van der Waals surface area contributed by atoms with E-state index >= 15 is 0 Å². The molecule has 0 unspecified atom stereocenters. The molecule has 3 aromatic rings. The number of hydrogen-bond donors (Lipinski definition) is 1. The fourth-order valence-corrected chi connectivity index (χ4v) is 4.41. The predicted molar refractivity (Wildman–Crippen MR) is 109 cm³/mol. The number of hydrogen-bond acceptors (Lipinski definition) is 8. The molecule has 3 aromatic heterocycles. The van der Waals surface area contributed by atoms with E-state index in [0.29, 0.717) is 41.2 Å². The molecule has 0 atom stereocenters. The summed E-state index contributed by atoms with van der Waals surface area (Å²) in [5, 5.41) is 7.56. The molecule has 29 heavy (non-hydrogen) atoms. The monoisotopic (exact) mass is 417 g/mol. The summed E-state index contributed by atoms with van der Waals surface area (Å²) >= 11 is 1.44. The van der Waals surface area contributed by atoms with E-state index in [-0.39, 0.29) is 5.91 Å². The zero-order valence-corrected chi connectivity index (χ0v) is 17.2. The molecule has 4 rings (SSSR count). The zero-order valence-electron chi connectivity index (χ0n) is 16.4. The Hall–Kier alpha value is -2.56. The number of anilines is 1. The highest BCUT2D eigenvalue weighted by Crippen LogP contribution is 2.39. The Morgan fingerprint density at radius 1 is 1.34 bits per heavy atom.